The van der Waals surface area contributed by atoms with Crippen LogP contribution in [0.4, 0.5) is 0 Å². The number of nitrogens with zero attached hydrogens (tertiary/aromatic N) is 3. The molecule has 0 radical (unpaired) electrons. The van der Waals surface area contributed by atoms with Gasteiger partial charge in [-0.2, -0.15) is 5.10 Å². The Balaban J connectivity index is 2.07. The number of carbonyl (C=O) groups is 1. The highest BCUT2D eigenvalue weighted by atomic mass is 32.1. The van der Waals surface area contributed by atoms with Gasteiger partial charge in [0.05, 0.1) is 28.6 Å². The lowest BCUT2D eigenvalue weighted by molar-refractivity contribution is 0.0953. The number of aryl methyl sites for hydroxylation is 4. The maximum atomic E-state index is 12.2. The molecule has 1 amide bonds. The highest BCUT2D eigenvalue weighted by Crippen LogP contribution is 2.18. The van der Waals surface area contributed by atoms with Gasteiger partial charge in [0.15, 0.2) is 0 Å². The first kappa shape index (κ1) is 13.7. The van der Waals surface area contributed by atoms with E-state index in [1.165, 1.54) is 11.3 Å². The van der Waals surface area contributed by atoms with E-state index in [0.717, 1.165) is 33.4 Å². The minimum absolute atomic E-state index is 0.0543. The second-order valence-electron chi connectivity index (χ2n) is 4.45. The van der Waals surface area contributed by atoms with Crippen molar-refractivity contribution in [3.8, 4) is 0 Å². The lowest BCUT2D eigenvalue weighted by Gasteiger charge is -2.04. The van der Waals surface area contributed by atoms with E-state index in [0.29, 0.717) is 6.54 Å². The fourth-order valence-corrected chi connectivity index (χ4v) is 2.89. The van der Waals surface area contributed by atoms with Crippen LogP contribution in [0.2, 0.25) is 0 Å². The largest absolute Gasteiger partial charge is 0.346 e. The quantitative estimate of drug-likeness (QED) is 0.930. The molecule has 0 atom stereocenters. The summed E-state index contributed by atoms with van der Waals surface area (Å²) >= 11 is 1.45. The van der Waals surface area contributed by atoms with Crippen LogP contribution in [0, 0.1) is 13.8 Å². The Kier molecular flexibility index (Phi) is 3.99. The molecule has 0 unspecified atom stereocenters. The average Bonchev–Trinajstić information content (AvgIpc) is 2.89. The minimum Gasteiger partial charge on any atom is -0.346 e. The molecule has 0 aromatic carbocycles. The first-order valence-electron chi connectivity index (χ1n) is 6.25. The first-order chi connectivity index (χ1) is 9.01. The second kappa shape index (κ2) is 5.52. The Morgan fingerprint density at radius 2 is 2.21 bits per heavy atom. The van der Waals surface area contributed by atoms with Crippen LogP contribution in [0.5, 0.6) is 0 Å². The number of amides is 1. The SMILES string of the molecule is CCc1nc(C)sc1C(=O)NCc1cc(C)nn1C. The first-order valence-corrected chi connectivity index (χ1v) is 7.07. The van der Waals surface area contributed by atoms with Gasteiger partial charge in [0.25, 0.3) is 5.91 Å². The average molecular weight is 278 g/mol. The zero-order valence-corrected chi connectivity index (χ0v) is 12.5. The molecule has 0 bridgehead atoms. The van der Waals surface area contributed by atoms with Gasteiger partial charge in [-0.1, -0.05) is 6.92 Å². The molecule has 2 aromatic rings. The predicted octanol–water partition coefficient (Wildman–Crippen LogP) is 1.99. The van der Waals surface area contributed by atoms with Crippen LogP contribution >= 0.6 is 11.3 Å². The number of carbonyl (C=O) groups excluding carboxylic acids is 1. The number of hydrogen-bond donors (Lipinski definition) is 1. The highest BCUT2D eigenvalue weighted by molar-refractivity contribution is 7.13. The topological polar surface area (TPSA) is 59.8 Å². The third kappa shape index (κ3) is 3.01. The van der Waals surface area contributed by atoms with Crippen molar-refractivity contribution in [2.75, 3.05) is 0 Å². The monoisotopic (exact) mass is 278 g/mol. The van der Waals surface area contributed by atoms with Crippen LogP contribution in [-0.4, -0.2) is 20.7 Å². The number of nitrogens with one attached hydrogen (secondary N) is 1. The Morgan fingerprint density at radius 1 is 1.47 bits per heavy atom. The molecule has 2 aromatic heterocycles. The van der Waals surface area contributed by atoms with E-state index >= 15 is 0 Å². The zero-order chi connectivity index (χ0) is 14.0. The van der Waals surface area contributed by atoms with Crippen LogP contribution in [0.1, 0.15) is 38.7 Å². The van der Waals surface area contributed by atoms with Crippen LogP contribution < -0.4 is 5.32 Å². The molecule has 0 aliphatic heterocycles. The molecule has 1 N–H and O–H groups in total. The third-order valence-corrected chi connectivity index (χ3v) is 3.89. The van der Waals surface area contributed by atoms with Gasteiger partial charge in [-0.15, -0.1) is 11.3 Å². The Hall–Kier alpha value is -1.69. The molecular formula is C13H18N4OS. The summed E-state index contributed by atoms with van der Waals surface area (Å²) in [5.74, 6) is -0.0543. The molecule has 0 spiro atoms. The molecule has 0 fully saturated rings. The summed E-state index contributed by atoms with van der Waals surface area (Å²) in [4.78, 5) is 17.2. The summed E-state index contributed by atoms with van der Waals surface area (Å²) in [6, 6.07) is 1.97. The van der Waals surface area contributed by atoms with E-state index in [1.807, 2.05) is 33.9 Å². The zero-order valence-electron chi connectivity index (χ0n) is 11.6. The van der Waals surface area contributed by atoms with Crippen molar-refractivity contribution in [2.45, 2.75) is 33.7 Å². The molecule has 5 nitrogen and oxygen atoms in total. The molecular weight excluding hydrogens is 260 g/mol. The molecule has 2 rings (SSSR count). The summed E-state index contributed by atoms with van der Waals surface area (Å²) in [5.41, 5.74) is 2.82. The Bertz CT molecular complexity index is 600. The van der Waals surface area contributed by atoms with E-state index in [4.69, 9.17) is 0 Å². The smallest absolute Gasteiger partial charge is 0.263 e. The maximum Gasteiger partial charge on any atom is 0.263 e. The van der Waals surface area contributed by atoms with Gasteiger partial charge in [0.1, 0.15) is 4.88 Å². The molecule has 2 heterocycles. The summed E-state index contributed by atoms with van der Waals surface area (Å²) in [7, 11) is 1.88. The summed E-state index contributed by atoms with van der Waals surface area (Å²) in [5, 5.41) is 8.11. The van der Waals surface area contributed by atoms with E-state index in [9.17, 15) is 4.79 Å². The van der Waals surface area contributed by atoms with Crippen molar-refractivity contribution in [3.05, 3.63) is 33.0 Å². The van der Waals surface area contributed by atoms with Crippen LogP contribution in [0.25, 0.3) is 0 Å². The van der Waals surface area contributed by atoms with Crippen molar-refractivity contribution >= 4 is 17.2 Å². The lowest BCUT2D eigenvalue weighted by atomic mass is 10.3. The van der Waals surface area contributed by atoms with Crippen molar-refractivity contribution in [3.63, 3.8) is 0 Å². The molecule has 0 saturated carbocycles. The van der Waals surface area contributed by atoms with Crippen LogP contribution in [0.15, 0.2) is 6.07 Å². The molecule has 102 valence electrons. The summed E-state index contributed by atoms with van der Waals surface area (Å²) in [6.07, 6.45) is 0.776. The standard InChI is InChI=1S/C13H18N4OS/c1-5-11-12(19-9(3)15-11)13(18)14-7-10-6-8(2)16-17(10)4/h6H,5,7H2,1-4H3,(H,14,18). The van der Waals surface area contributed by atoms with E-state index in [-0.39, 0.29) is 5.91 Å². The van der Waals surface area contributed by atoms with Crippen molar-refractivity contribution in [1.82, 2.24) is 20.1 Å². The molecule has 6 heteroatoms. The maximum absolute atomic E-state index is 12.2. The highest BCUT2D eigenvalue weighted by Gasteiger charge is 2.15. The van der Waals surface area contributed by atoms with Gasteiger partial charge in [-0.25, -0.2) is 4.98 Å². The fourth-order valence-electron chi connectivity index (χ4n) is 1.97. The van der Waals surface area contributed by atoms with E-state index in [1.54, 1.807) is 4.68 Å². The van der Waals surface area contributed by atoms with Gasteiger partial charge in [0, 0.05) is 7.05 Å². The number of aromatic nitrogens is 3. The van der Waals surface area contributed by atoms with E-state index < -0.39 is 0 Å². The fraction of sp³-hybridized carbons (Fsp3) is 0.462. The molecule has 0 aliphatic carbocycles. The predicted molar refractivity (Wildman–Crippen MR) is 75.3 cm³/mol. The van der Waals surface area contributed by atoms with Gasteiger partial charge in [-0.05, 0) is 26.3 Å². The molecule has 0 aliphatic rings. The number of hydrogen-bond acceptors (Lipinski definition) is 4. The van der Waals surface area contributed by atoms with Gasteiger partial charge < -0.3 is 5.32 Å². The normalized spacial score (nSPS) is 10.7. The summed E-state index contributed by atoms with van der Waals surface area (Å²) < 4.78 is 1.79. The third-order valence-electron chi connectivity index (χ3n) is 2.87. The minimum atomic E-state index is -0.0543. The van der Waals surface area contributed by atoms with Gasteiger partial charge in [0.2, 0.25) is 0 Å². The van der Waals surface area contributed by atoms with Crippen molar-refractivity contribution < 1.29 is 4.79 Å². The Morgan fingerprint density at radius 3 is 2.79 bits per heavy atom. The number of rotatable bonds is 4. The number of thiazole rings is 1. The van der Waals surface area contributed by atoms with Gasteiger partial charge >= 0.3 is 0 Å². The van der Waals surface area contributed by atoms with E-state index in [2.05, 4.69) is 15.4 Å². The summed E-state index contributed by atoms with van der Waals surface area (Å²) in [6.45, 7) is 6.35. The van der Waals surface area contributed by atoms with Crippen LogP contribution in [0.3, 0.4) is 0 Å². The second-order valence-corrected chi connectivity index (χ2v) is 5.65. The van der Waals surface area contributed by atoms with Crippen LogP contribution in [-0.2, 0) is 20.0 Å². The van der Waals surface area contributed by atoms with Crippen molar-refractivity contribution in [1.29, 1.82) is 0 Å². The molecule has 19 heavy (non-hydrogen) atoms. The lowest BCUT2D eigenvalue weighted by Crippen LogP contribution is -2.24. The molecule has 0 saturated heterocycles. The Labute approximate surface area is 116 Å². The van der Waals surface area contributed by atoms with Gasteiger partial charge in [-0.3, -0.25) is 9.48 Å². The van der Waals surface area contributed by atoms with Crippen molar-refractivity contribution in [2.24, 2.45) is 7.05 Å².